The molecule has 1 heterocycles. The highest BCUT2D eigenvalue weighted by atomic mass is 19.3. The van der Waals surface area contributed by atoms with E-state index < -0.39 is 18.3 Å². The van der Waals surface area contributed by atoms with Gasteiger partial charge in [-0.25, -0.2) is 13.2 Å². The molecule has 0 aliphatic carbocycles. The van der Waals surface area contributed by atoms with Gasteiger partial charge in [0.1, 0.15) is 5.82 Å². The van der Waals surface area contributed by atoms with E-state index in [-0.39, 0.29) is 24.1 Å². The molecular formula is C17H23F3N2. The number of halogens is 3. The summed E-state index contributed by atoms with van der Waals surface area (Å²) in [4.78, 5) is 5.75. The molecule has 0 radical (unpaired) electrons. The molecule has 1 aromatic rings. The maximum Gasteiger partial charge on any atom is 0.266 e. The van der Waals surface area contributed by atoms with Gasteiger partial charge in [-0.15, -0.1) is 0 Å². The molecule has 0 saturated carbocycles. The maximum absolute atomic E-state index is 14.1. The smallest absolute Gasteiger partial charge is 0.266 e. The molecule has 2 nitrogen and oxygen atoms in total. The fourth-order valence-electron chi connectivity index (χ4n) is 2.46. The van der Waals surface area contributed by atoms with Crippen molar-refractivity contribution in [2.45, 2.75) is 39.5 Å². The molecule has 0 amide bonds. The number of alkyl halides is 2. The summed E-state index contributed by atoms with van der Waals surface area (Å²) >= 11 is 0. The summed E-state index contributed by atoms with van der Waals surface area (Å²) in [6.45, 7) is 6.75. The molecule has 0 spiro atoms. The van der Waals surface area contributed by atoms with Gasteiger partial charge in [-0.3, -0.25) is 4.99 Å². The predicted molar refractivity (Wildman–Crippen MR) is 84.7 cm³/mol. The van der Waals surface area contributed by atoms with E-state index in [1.807, 2.05) is 0 Å². The minimum atomic E-state index is -2.75. The second-order valence-electron chi connectivity index (χ2n) is 7.05. The molecule has 0 aromatic heterocycles. The summed E-state index contributed by atoms with van der Waals surface area (Å²) in [6.07, 6.45) is 2.28. The van der Waals surface area contributed by atoms with Crippen molar-refractivity contribution in [3.05, 3.63) is 29.6 Å². The van der Waals surface area contributed by atoms with E-state index in [0.29, 0.717) is 12.1 Å². The second-order valence-corrected chi connectivity index (χ2v) is 7.05. The molecule has 5 heteroatoms. The van der Waals surface area contributed by atoms with Crippen LogP contribution in [0.3, 0.4) is 0 Å². The maximum atomic E-state index is 14.1. The fourth-order valence-corrected chi connectivity index (χ4v) is 2.46. The Balaban J connectivity index is 2.15. The van der Waals surface area contributed by atoms with Gasteiger partial charge in [0.05, 0.1) is 12.2 Å². The Labute approximate surface area is 130 Å². The van der Waals surface area contributed by atoms with Crippen LogP contribution in [0.2, 0.25) is 0 Å². The molecule has 1 aliphatic heterocycles. The Morgan fingerprint density at radius 2 is 2.05 bits per heavy atom. The minimum absolute atomic E-state index is 0.163. The van der Waals surface area contributed by atoms with Gasteiger partial charge in [0.25, 0.3) is 5.92 Å². The summed E-state index contributed by atoms with van der Waals surface area (Å²) in [7, 11) is 0. The van der Waals surface area contributed by atoms with Crippen LogP contribution >= 0.6 is 0 Å². The van der Waals surface area contributed by atoms with Crippen molar-refractivity contribution in [1.82, 2.24) is 0 Å². The first-order chi connectivity index (χ1) is 10.2. The Morgan fingerprint density at radius 1 is 1.32 bits per heavy atom. The van der Waals surface area contributed by atoms with Crippen LogP contribution in [0.15, 0.2) is 23.2 Å². The number of nitrogens with zero attached hydrogens (tertiary/aromatic N) is 2. The van der Waals surface area contributed by atoms with Gasteiger partial charge in [0, 0.05) is 31.3 Å². The highest BCUT2D eigenvalue weighted by Gasteiger charge is 2.39. The van der Waals surface area contributed by atoms with Gasteiger partial charge in [-0.1, -0.05) is 32.9 Å². The molecule has 0 bridgehead atoms. The van der Waals surface area contributed by atoms with E-state index in [4.69, 9.17) is 0 Å². The van der Waals surface area contributed by atoms with Crippen molar-refractivity contribution < 1.29 is 13.2 Å². The van der Waals surface area contributed by atoms with Crippen LogP contribution in [0.4, 0.5) is 18.9 Å². The molecule has 0 unspecified atom stereocenters. The molecule has 2 rings (SSSR count). The number of hydrogen-bond acceptors (Lipinski definition) is 2. The lowest BCUT2D eigenvalue weighted by molar-refractivity contribution is 0.0257. The standard InChI is InChI=1S/C17H23F3N2/c1-16(2,3)7-9-21-11-13-5-4-6-14(18)15(13)22-10-8-17(19,20)12-22/h4-6,11H,7-10,12H2,1-3H3. The third-order valence-electron chi connectivity index (χ3n) is 3.73. The monoisotopic (exact) mass is 312 g/mol. The molecule has 1 aromatic carbocycles. The zero-order chi connectivity index (χ0) is 16.4. The first-order valence-corrected chi connectivity index (χ1v) is 7.59. The average molecular weight is 312 g/mol. The highest BCUT2D eigenvalue weighted by Crippen LogP contribution is 2.33. The largest absolute Gasteiger partial charge is 0.362 e. The first kappa shape index (κ1) is 16.8. The van der Waals surface area contributed by atoms with Crippen molar-refractivity contribution in [2.75, 3.05) is 24.5 Å². The van der Waals surface area contributed by atoms with Crippen molar-refractivity contribution in [1.29, 1.82) is 0 Å². The molecular weight excluding hydrogens is 289 g/mol. The molecule has 0 N–H and O–H groups in total. The Hall–Kier alpha value is -1.52. The third-order valence-corrected chi connectivity index (χ3v) is 3.73. The van der Waals surface area contributed by atoms with E-state index in [1.54, 1.807) is 18.3 Å². The number of para-hydroxylation sites is 1. The lowest BCUT2D eigenvalue weighted by Gasteiger charge is -2.21. The van der Waals surface area contributed by atoms with Gasteiger partial charge < -0.3 is 4.90 Å². The van der Waals surface area contributed by atoms with Crippen molar-refractivity contribution >= 4 is 11.9 Å². The number of benzene rings is 1. The SMILES string of the molecule is CC(C)(C)CCN=Cc1cccc(F)c1N1CCC(F)(F)C1. The van der Waals surface area contributed by atoms with Crippen LogP contribution in [-0.4, -0.2) is 31.8 Å². The topological polar surface area (TPSA) is 15.6 Å². The number of anilines is 1. The summed E-state index contributed by atoms with van der Waals surface area (Å²) in [5.41, 5.74) is 0.977. The van der Waals surface area contributed by atoms with E-state index in [9.17, 15) is 13.2 Å². The minimum Gasteiger partial charge on any atom is -0.362 e. The fraction of sp³-hybridized carbons (Fsp3) is 0.588. The summed E-state index contributed by atoms with van der Waals surface area (Å²) in [5, 5.41) is 0. The highest BCUT2D eigenvalue weighted by molar-refractivity contribution is 5.88. The van der Waals surface area contributed by atoms with Gasteiger partial charge in [0.15, 0.2) is 0 Å². The Bertz CT molecular complexity index is 547. The lowest BCUT2D eigenvalue weighted by Crippen LogP contribution is -2.26. The number of aliphatic imine (C=N–C) groups is 1. The van der Waals surface area contributed by atoms with Crippen LogP contribution in [0.1, 0.15) is 39.2 Å². The van der Waals surface area contributed by atoms with Crippen LogP contribution in [0, 0.1) is 11.2 Å². The van der Waals surface area contributed by atoms with E-state index in [1.165, 1.54) is 11.0 Å². The van der Waals surface area contributed by atoms with Crippen LogP contribution in [0.25, 0.3) is 0 Å². The Morgan fingerprint density at radius 3 is 2.64 bits per heavy atom. The van der Waals surface area contributed by atoms with Crippen molar-refractivity contribution in [3.63, 3.8) is 0 Å². The molecule has 0 atom stereocenters. The normalized spacial score (nSPS) is 18.4. The van der Waals surface area contributed by atoms with Gasteiger partial charge in [-0.05, 0) is 17.9 Å². The molecule has 1 saturated heterocycles. The van der Waals surface area contributed by atoms with E-state index in [2.05, 4.69) is 25.8 Å². The van der Waals surface area contributed by atoms with Crippen LogP contribution in [0.5, 0.6) is 0 Å². The lowest BCUT2D eigenvalue weighted by atomic mass is 9.92. The van der Waals surface area contributed by atoms with Crippen molar-refractivity contribution in [2.24, 2.45) is 10.4 Å². The number of rotatable bonds is 4. The average Bonchev–Trinajstić information content (AvgIpc) is 2.73. The summed E-state index contributed by atoms with van der Waals surface area (Å²) < 4.78 is 40.9. The van der Waals surface area contributed by atoms with Gasteiger partial charge in [-0.2, -0.15) is 0 Å². The number of hydrogen-bond donors (Lipinski definition) is 0. The van der Waals surface area contributed by atoms with E-state index in [0.717, 1.165) is 6.42 Å². The van der Waals surface area contributed by atoms with Crippen LogP contribution in [-0.2, 0) is 0 Å². The zero-order valence-corrected chi connectivity index (χ0v) is 13.4. The first-order valence-electron chi connectivity index (χ1n) is 7.59. The summed E-state index contributed by atoms with van der Waals surface area (Å²) in [6, 6.07) is 4.60. The summed E-state index contributed by atoms with van der Waals surface area (Å²) in [5.74, 6) is -3.22. The Kier molecular flexibility index (Phi) is 4.83. The van der Waals surface area contributed by atoms with Crippen molar-refractivity contribution in [3.8, 4) is 0 Å². The van der Waals surface area contributed by atoms with E-state index >= 15 is 0 Å². The van der Waals surface area contributed by atoms with Gasteiger partial charge >= 0.3 is 0 Å². The quantitative estimate of drug-likeness (QED) is 0.746. The molecule has 1 fully saturated rings. The zero-order valence-electron chi connectivity index (χ0n) is 13.4. The molecule has 122 valence electrons. The third kappa shape index (κ3) is 4.49. The van der Waals surface area contributed by atoms with Gasteiger partial charge in [0.2, 0.25) is 0 Å². The molecule has 1 aliphatic rings. The van der Waals surface area contributed by atoms with Crippen LogP contribution < -0.4 is 4.90 Å². The molecule has 22 heavy (non-hydrogen) atoms. The second kappa shape index (κ2) is 6.31. The predicted octanol–water partition coefficient (Wildman–Crippen LogP) is 4.53.